The van der Waals surface area contributed by atoms with E-state index in [0.29, 0.717) is 0 Å². The molecular formula is C13H28Cl2N2. The molecule has 0 spiro atoms. The average Bonchev–Trinajstić information content (AvgIpc) is 2.30. The summed E-state index contributed by atoms with van der Waals surface area (Å²) in [5, 5.41) is 3.47. The van der Waals surface area contributed by atoms with E-state index in [1.807, 2.05) is 0 Å². The van der Waals surface area contributed by atoms with Crippen LogP contribution in [0.5, 0.6) is 0 Å². The van der Waals surface area contributed by atoms with Crippen molar-refractivity contribution in [1.82, 2.24) is 10.2 Å². The first kappa shape index (κ1) is 17.5. The molecule has 2 nitrogen and oxygen atoms in total. The van der Waals surface area contributed by atoms with E-state index in [1.165, 1.54) is 51.9 Å². The van der Waals surface area contributed by atoms with Crippen molar-refractivity contribution in [3.63, 3.8) is 0 Å². The molecule has 2 aliphatic heterocycles. The number of nitrogens with zero attached hydrogens (tertiary/aromatic N) is 1. The SMILES string of the molecule is CC(C)N1CCC(C2CCNCC2)CC1.Cl.Cl. The second-order valence-corrected chi connectivity index (χ2v) is 5.55. The summed E-state index contributed by atoms with van der Waals surface area (Å²) in [4.78, 5) is 2.64. The molecular weight excluding hydrogens is 255 g/mol. The molecule has 0 atom stereocenters. The van der Waals surface area contributed by atoms with E-state index < -0.39 is 0 Å². The summed E-state index contributed by atoms with van der Waals surface area (Å²) in [6.07, 6.45) is 5.74. The molecule has 0 aromatic carbocycles. The lowest BCUT2D eigenvalue weighted by molar-refractivity contribution is 0.109. The van der Waals surface area contributed by atoms with Crippen LogP contribution >= 0.6 is 24.8 Å². The van der Waals surface area contributed by atoms with Crippen LogP contribution in [0.25, 0.3) is 0 Å². The van der Waals surface area contributed by atoms with Crippen LogP contribution in [-0.2, 0) is 0 Å². The van der Waals surface area contributed by atoms with Crippen molar-refractivity contribution in [1.29, 1.82) is 0 Å². The summed E-state index contributed by atoms with van der Waals surface area (Å²) in [5.41, 5.74) is 0. The van der Waals surface area contributed by atoms with Gasteiger partial charge >= 0.3 is 0 Å². The van der Waals surface area contributed by atoms with Crippen LogP contribution in [0.1, 0.15) is 39.5 Å². The minimum atomic E-state index is 0. The highest BCUT2D eigenvalue weighted by Crippen LogP contribution is 2.31. The second-order valence-electron chi connectivity index (χ2n) is 5.55. The molecule has 2 heterocycles. The summed E-state index contributed by atoms with van der Waals surface area (Å²) in [7, 11) is 0. The lowest BCUT2D eigenvalue weighted by Crippen LogP contribution is -2.42. The molecule has 104 valence electrons. The van der Waals surface area contributed by atoms with Gasteiger partial charge in [-0.2, -0.15) is 0 Å². The zero-order valence-corrected chi connectivity index (χ0v) is 12.8. The third-order valence-electron chi connectivity index (χ3n) is 4.35. The van der Waals surface area contributed by atoms with Crippen molar-refractivity contribution in [2.75, 3.05) is 26.2 Å². The van der Waals surface area contributed by atoms with Crippen molar-refractivity contribution in [2.24, 2.45) is 11.8 Å². The maximum absolute atomic E-state index is 3.47. The first-order valence-corrected chi connectivity index (χ1v) is 6.72. The molecule has 0 radical (unpaired) electrons. The molecule has 0 amide bonds. The Morgan fingerprint density at radius 3 is 1.82 bits per heavy atom. The molecule has 2 saturated heterocycles. The van der Waals surface area contributed by atoms with Crippen LogP contribution in [0.15, 0.2) is 0 Å². The van der Waals surface area contributed by atoms with Crippen LogP contribution in [0.3, 0.4) is 0 Å². The highest BCUT2D eigenvalue weighted by atomic mass is 35.5. The van der Waals surface area contributed by atoms with Gasteiger partial charge in [0.25, 0.3) is 0 Å². The smallest absolute Gasteiger partial charge is 0.00385 e. The molecule has 0 aromatic heterocycles. The van der Waals surface area contributed by atoms with Gasteiger partial charge in [-0.25, -0.2) is 0 Å². The van der Waals surface area contributed by atoms with Gasteiger partial charge in [0.2, 0.25) is 0 Å². The van der Waals surface area contributed by atoms with E-state index in [9.17, 15) is 0 Å². The first-order valence-electron chi connectivity index (χ1n) is 6.72. The fourth-order valence-electron chi connectivity index (χ4n) is 3.22. The Labute approximate surface area is 119 Å². The van der Waals surface area contributed by atoms with Gasteiger partial charge in [-0.1, -0.05) is 0 Å². The largest absolute Gasteiger partial charge is 0.317 e. The number of halogens is 2. The Morgan fingerprint density at radius 2 is 1.35 bits per heavy atom. The van der Waals surface area contributed by atoms with Gasteiger partial charge in [0.05, 0.1) is 0 Å². The summed E-state index contributed by atoms with van der Waals surface area (Å²) >= 11 is 0. The fraction of sp³-hybridized carbons (Fsp3) is 1.00. The number of likely N-dealkylation sites (tertiary alicyclic amines) is 1. The second kappa shape index (κ2) is 8.58. The Hall–Kier alpha value is 0.500. The third kappa shape index (κ3) is 4.94. The Kier molecular flexibility index (Phi) is 8.83. The molecule has 17 heavy (non-hydrogen) atoms. The molecule has 0 aromatic rings. The van der Waals surface area contributed by atoms with Gasteiger partial charge in [-0.3, -0.25) is 0 Å². The molecule has 0 aliphatic carbocycles. The van der Waals surface area contributed by atoms with E-state index in [4.69, 9.17) is 0 Å². The Morgan fingerprint density at radius 1 is 0.882 bits per heavy atom. The molecule has 1 N–H and O–H groups in total. The van der Waals surface area contributed by atoms with Crippen LogP contribution in [-0.4, -0.2) is 37.1 Å². The Bertz CT molecular complexity index is 186. The van der Waals surface area contributed by atoms with E-state index in [0.717, 1.165) is 17.9 Å². The lowest BCUT2D eigenvalue weighted by atomic mass is 9.79. The molecule has 0 unspecified atom stereocenters. The maximum atomic E-state index is 3.47. The normalized spacial score (nSPS) is 24.2. The van der Waals surface area contributed by atoms with Crippen molar-refractivity contribution in [3.05, 3.63) is 0 Å². The van der Waals surface area contributed by atoms with E-state index >= 15 is 0 Å². The van der Waals surface area contributed by atoms with Gasteiger partial charge in [0.15, 0.2) is 0 Å². The van der Waals surface area contributed by atoms with Crippen molar-refractivity contribution >= 4 is 24.8 Å². The quantitative estimate of drug-likeness (QED) is 0.838. The third-order valence-corrected chi connectivity index (χ3v) is 4.35. The van der Waals surface area contributed by atoms with E-state index in [-0.39, 0.29) is 24.8 Å². The molecule has 0 saturated carbocycles. The maximum Gasteiger partial charge on any atom is 0.00385 e. The number of piperidine rings is 2. The predicted octanol–water partition coefficient (Wildman–Crippen LogP) is 2.95. The molecule has 4 heteroatoms. The highest BCUT2D eigenvalue weighted by molar-refractivity contribution is 5.85. The minimum absolute atomic E-state index is 0. The van der Waals surface area contributed by atoms with Gasteiger partial charge in [0.1, 0.15) is 0 Å². The van der Waals surface area contributed by atoms with Crippen molar-refractivity contribution in [2.45, 2.75) is 45.6 Å². The van der Waals surface area contributed by atoms with Crippen molar-refractivity contribution < 1.29 is 0 Å². The number of nitrogens with one attached hydrogen (secondary N) is 1. The first-order chi connectivity index (χ1) is 7.27. The highest BCUT2D eigenvalue weighted by Gasteiger charge is 2.27. The zero-order chi connectivity index (χ0) is 10.7. The minimum Gasteiger partial charge on any atom is -0.317 e. The zero-order valence-electron chi connectivity index (χ0n) is 11.2. The average molecular weight is 283 g/mol. The van der Waals surface area contributed by atoms with Crippen molar-refractivity contribution in [3.8, 4) is 0 Å². The van der Waals surface area contributed by atoms with Crippen LogP contribution < -0.4 is 5.32 Å². The monoisotopic (exact) mass is 282 g/mol. The standard InChI is InChI=1S/C13H26N2.2ClH/c1-11(2)15-9-5-13(6-10-15)12-3-7-14-8-4-12;;/h11-14H,3-10H2,1-2H3;2*1H. The van der Waals surface area contributed by atoms with Gasteiger partial charge < -0.3 is 10.2 Å². The van der Waals surface area contributed by atoms with E-state index in [2.05, 4.69) is 24.1 Å². The van der Waals surface area contributed by atoms with Crippen LogP contribution in [0, 0.1) is 11.8 Å². The summed E-state index contributed by atoms with van der Waals surface area (Å²) in [5.74, 6) is 2.06. The number of rotatable bonds is 2. The van der Waals surface area contributed by atoms with Crippen LogP contribution in [0.2, 0.25) is 0 Å². The Balaban J connectivity index is 0.00000128. The van der Waals surface area contributed by atoms with Gasteiger partial charge in [-0.15, -0.1) is 24.8 Å². The molecule has 2 fully saturated rings. The topological polar surface area (TPSA) is 15.3 Å². The summed E-state index contributed by atoms with van der Waals surface area (Å²) in [6.45, 7) is 9.85. The predicted molar refractivity (Wildman–Crippen MR) is 79.5 cm³/mol. The van der Waals surface area contributed by atoms with E-state index in [1.54, 1.807) is 0 Å². The number of hydrogen-bond donors (Lipinski definition) is 1. The molecule has 2 rings (SSSR count). The fourth-order valence-corrected chi connectivity index (χ4v) is 3.22. The number of hydrogen-bond acceptors (Lipinski definition) is 2. The summed E-state index contributed by atoms with van der Waals surface area (Å²) < 4.78 is 0. The molecule has 0 bridgehead atoms. The van der Waals surface area contributed by atoms with Crippen LogP contribution in [0.4, 0.5) is 0 Å². The lowest BCUT2D eigenvalue weighted by Gasteiger charge is -2.39. The molecule has 2 aliphatic rings. The van der Waals surface area contributed by atoms with Gasteiger partial charge in [-0.05, 0) is 77.5 Å². The summed E-state index contributed by atoms with van der Waals surface area (Å²) in [6, 6.07) is 0.749. The van der Waals surface area contributed by atoms with Gasteiger partial charge in [0, 0.05) is 6.04 Å².